The summed E-state index contributed by atoms with van der Waals surface area (Å²) in [6.45, 7) is 6.38. The van der Waals surface area contributed by atoms with E-state index in [0.29, 0.717) is 28.8 Å². The molecule has 3 rings (SSSR count). The van der Waals surface area contributed by atoms with Gasteiger partial charge in [-0.3, -0.25) is 0 Å². The number of nitrogens with zero attached hydrogens (tertiary/aromatic N) is 5. The van der Waals surface area contributed by atoms with Crippen molar-refractivity contribution in [2.24, 2.45) is 5.92 Å². The highest BCUT2D eigenvalue weighted by Gasteiger charge is 2.13. The second-order valence-corrected chi connectivity index (χ2v) is 5.78. The molecule has 0 radical (unpaired) electrons. The van der Waals surface area contributed by atoms with Crippen LogP contribution >= 0.6 is 0 Å². The lowest BCUT2D eigenvalue weighted by Crippen LogP contribution is -2.22. The summed E-state index contributed by atoms with van der Waals surface area (Å²) in [5.74, 6) is 1.65. The van der Waals surface area contributed by atoms with E-state index in [1.807, 2.05) is 0 Å². The molecule has 23 heavy (non-hydrogen) atoms. The molecule has 0 unspecified atom stereocenters. The van der Waals surface area contributed by atoms with E-state index in [9.17, 15) is 0 Å². The molecule has 1 atom stereocenters. The van der Waals surface area contributed by atoms with Crippen molar-refractivity contribution in [2.75, 3.05) is 5.32 Å². The highest BCUT2D eigenvalue weighted by Crippen LogP contribution is 2.26. The molecule has 7 nitrogen and oxygen atoms in total. The second-order valence-electron chi connectivity index (χ2n) is 5.78. The predicted octanol–water partition coefficient (Wildman–Crippen LogP) is 2.74. The standard InChI is InChI=1S/C16H17N7/c1-9(2)10(3)21-14-8-20-23-16(22-14)13-7-19-15-12(13)4-11(5-17)6-18-15/h4,6-10H,1-3H3,(H,18,19)(H,21,22,23)/t10-/m0/s1. The molecule has 0 spiro atoms. The summed E-state index contributed by atoms with van der Waals surface area (Å²) < 4.78 is 0. The number of H-pyrrole nitrogens is 1. The number of anilines is 1. The first kappa shape index (κ1) is 14.9. The quantitative estimate of drug-likeness (QED) is 0.768. The molecular formula is C16H17N7. The number of pyridine rings is 1. The molecule has 0 amide bonds. The van der Waals surface area contributed by atoms with Gasteiger partial charge in [0.05, 0.1) is 11.8 Å². The zero-order chi connectivity index (χ0) is 16.4. The Balaban J connectivity index is 2.01. The summed E-state index contributed by atoms with van der Waals surface area (Å²) in [6.07, 6.45) is 4.92. The van der Waals surface area contributed by atoms with Gasteiger partial charge < -0.3 is 10.3 Å². The minimum atomic E-state index is 0.273. The summed E-state index contributed by atoms with van der Waals surface area (Å²) in [5, 5.41) is 21.3. The zero-order valence-corrected chi connectivity index (χ0v) is 13.2. The smallest absolute Gasteiger partial charge is 0.185 e. The zero-order valence-electron chi connectivity index (χ0n) is 13.2. The largest absolute Gasteiger partial charge is 0.366 e. The van der Waals surface area contributed by atoms with Crippen molar-refractivity contribution in [2.45, 2.75) is 26.8 Å². The van der Waals surface area contributed by atoms with Gasteiger partial charge in [-0.15, -0.1) is 5.10 Å². The molecule has 0 aliphatic rings. The van der Waals surface area contributed by atoms with E-state index in [1.54, 1.807) is 18.5 Å². The van der Waals surface area contributed by atoms with Gasteiger partial charge in [-0.25, -0.2) is 9.97 Å². The molecule has 0 fully saturated rings. The number of nitrogens with one attached hydrogen (secondary N) is 2. The van der Waals surface area contributed by atoms with E-state index in [1.165, 1.54) is 6.20 Å². The molecule has 3 heterocycles. The molecule has 116 valence electrons. The lowest BCUT2D eigenvalue weighted by molar-refractivity contribution is 0.558. The normalized spacial score (nSPS) is 12.3. The van der Waals surface area contributed by atoms with Crippen LogP contribution in [0.15, 0.2) is 24.7 Å². The van der Waals surface area contributed by atoms with Crippen molar-refractivity contribution >= 4 is 16.9 Å². The van der Waals surface area contributed by atoms with E-state index in [4.69, 9.17) is 5.26 Å². The van der Waals surface area contributed by atoms with Gasteiger partial charge in [0.15, 0.2) is 5.82 Å². The minimum Gasteiger partial charge on any atom is -0.366 e. The van der Waals surface area contributed by atoms with E-state index in [-0.39, 0.29) is 6.04 Å². The molecule has 2 N–H and O–H groups in total. The summed E-state index contributed by atoms with van der Waals surface area (Å²) in [6, 6.07) is 4.14. The topological polar surface area (TPSA) is 103 Å². The monoisotopic (exact) mass is 307 g/mol. The Morgan fingerprint density at radius 2 is 2.09 bits per heavy atom. The van der Waals surface area contributed by atoms with Crippen LogP contribution in [0.3, 0.4) is 0 Å². The molecule has 0 aliphatic heterocycles. The summed E-state index contributed by atoms with van der Waals surface area (Å²) in [5.41, 5.74) is 1.96. The minimum absolute atomic E-state index is 0.273. The first-order valence-electron chi connectivity index (χ1n) is 7.42. The Labute approximate surface area is 133 Å². The van der Waals surface area contributed by atoms with Crippen LogP contribution in [0.1, 0.15) is 26.3 Å². The Kier molecular flexibility index (Phi) is 3.89. The Bertz CT molecular complexity index is 876. The maximum Gasteiger partial charge on any atom is 0.185 e. The average molecular weight is 307 g/mol. The van der Waals surface area contributed by atoms with Gasteiger partial charge in [0.25, 0.3) is 0 Å². The fourth-order valence-electron chi connectivity index (χ4n) is 2.14. The predicted molar refractivity (Wildman–Crippen MR) is 87.6 cm³/mol. The number of aromatic amines is 1. The summed E-state index contributed by atoms with van der Waals surface area (Å²) >= 11 is 0. The van der Waals surface area contributed by atoms with Crippen LogP contribution in [0, 0.1) is 17.2 Å². The van der Waals surface area contributed by atoms with Crippen molar-refractivity contribution in [3.8, 4) is 17.5 Å². The van der Waals surface area contributed by atoms with Crippen molar-refractivity contribution in [1.82, 2.24) is 25.1 Å². The van der Waals surface area contributed by atoms with E-state index < -0.39 is 0 Å². The third kappa shape index (κ3) is 2.97. The van der Waals surface area contributed by atoms with Gasteiger partial charge in [0.1, 0.15) is 17.5 Å². The van der Waals surface area contributed by atoms with Gasteiger partial charge in [0, 0.05) is 29.4 Å². The van der Waals surface area contributed by atoms with Gasteiger partial charge in [-0.2, -0.15) is 10.4 Å². The number of aromatic nitrogens is 5. The molecule has 0 saturated carbocycles. The van der Waals surface area contributed by atoms with E-state index in [2.05, 4.69) is 57.3 Å². The lowest BCUT2D eigenvalue weighted by Gasteiger charge is -2.17. The van der Waals surface area contributed by atoms with Crippen LogP contribution < -0.4 is 5.32 Å². The van der Waals surface area contributed by atoms with Crippen LogP contribution in [-0.4, -0.2) is 31.2 Å². The molecule has 0 saturated heterocycles. The third-order valence-electron chi connectivity index (χ3n) is 3.84. The van der Waals surface area contributed by atoms with Crippen LogP contribution in [0.4, 0.5) is 5.82 Å². The van der Waals surface area contributed by atoms with Gasteiger partial charge in [0.2, 0.25) is 0 Å². The molecule has 0 aliphatic carbocycles. The highest BCUT2D eigenvalue weighted by molar-refractivity contribution is 5.92. The molecular weight excluding hydrogens is 290 g/mol. The Morgan fingerprint density at radius 1 is 1.26 bits per heavy atom. The van der Waals surface area contributed by atoms with E-state index in [0.717, 1.165) is 10.9 Å². The average Bonchev–Trinajstić information content (AvgIpc) is 2.97. The number of nitriles is 1. The van der Waals surface area contributed by atoms with Crippen molar-refractivity contribution < 1.29 is 0 Å². The van der Waals surface area contributed by atoms with Gasteiger partial charge >= 0.3 is 0 Å². The first-order valence-corrected chi connectivity index (χ1v) is 7.42. The van der Waals surface area contributed by atoms with Crippen molar-refractivity contribution in [3.05, 3.63) is 30.2 Å². The SMILES string of the molecule is CC(C)[C@H](C)Nc1cnnc(-c2c[nH]c3ncc(C#N)cc23)n1. The van der Waals surface area contributed by atoms with Crippen LogP contribution in [0.25, 0.3) is 22.4 Å². The van der Waals surface area contributed by atoms with E-state index >= 15 is 0 Å². The van der Waals surface area contributed by atoms with Crippen LogP contribution in [0.5, 0.6) is 0 Å². The lowest BCUT2D eigenvalue weighted by atomic mass is 10.1. The second kappa shape index (κ2) is 6.01. The Morgan fingerprint density at radius 3 is 2.83 bits per heavy atom. The van der Waals surface area contributed by atoms with Gasteiger partial charge in [-0.1, -0.05) is 13.8 Å². The molecule has 3 aromatic heterocycles. The van der Waals surface area contributed by atoms with Crippen LogP contribution in [0.2, 0.25) is 0 Å². The van der Waals surface area contributed by atoms with Crippen molar-refractivity contribution in [3.63, 3.8) is 0 Å². The molecule has 7 heteroatoms. The highest BCUT2D eigenvalue weighted by atomic mass is 15.2. The van der Waals surface area contributed by atoms with Gasteiger partial charge in [-0.05, 0) is 18.9 Å². The molecule has 0 aromatic carbocycles. The maximum absolute atomic E-state index is 9.04. The number of fused-ring (bicyclic) bond motifs is 1. The number of rotatable bonds is 4. The molecule has 0 bridgehead atoms. The fraction of sp³-hybridized carbons (Fsp3) is 0.312. The fourth-order valence-corrected chi connectivity index (χ4v) is 2.14. The first-order chi connectivity index (χ1) is 11.1. The number of hydrogen-bond donors (Lipinski definition) is 2. The Hall–Kier alpha value is -3.01. The number of hydrogen-bond acceptors (Lipinski definition) is 6. The maximum atomic E-state index is 9.04. The molecule has 3 aromatic rings. The van der Waals surface area contributed by atoms with Crippen molar-refractivity contribution in [1.29, 1.82) is 5.26 Å². The summed E-state index contributed by atoms with van der Waals surface area (Å²) in [7, 11) is 0. The third-order valence-corrected chi connectivity index (χ3v) is 3.84. The summed E-state index contributed by atoms with van der Waals surface area (Å²) in [4.78, 5) is 11.8. The van der Waals surface area contributed by atoms with Crippen LogP contribution in [-0.2, 0) is 0 Å².